The molecule has 0 unspecified atom stereocenters. The fourth-order valence-electron chi connectivity index (χ4n) is 2.21. The van der Waals surface area contributed by atoms with E-state index in [9.17, 15) is 13.6 Å². The number of alkyl halides is 2. The first kappa shape index (κ1) is 15.0. The molecule has 1 heterocycles. The first-order valence-electron chi connectivity index (χ1n) is 6.36. The second kappa shape index (κ2) is 5.52. The molecule has 0 aromatic carbocycles. The first-order valence-corrected chi connectivity index (χ1v) is 6.73. The summed E-state index contributed by atoms with van der Waals surface area (Å²) in [4.78, 5) is 15.7. The summed E-state index contributed by atoms with van der Waals surface area (Å²) in [7, 11) is 0. The molecule has 0 spiro atoms. The smallest absolute Gasteiger partial charge is 0.319 e. The van der Waals surface area contributed by atoms with Crippen molar-refractivity contribution >= 4 is 23.3 Å². The number of nitrogens with zero attached hydrogens (tertiary/aromatic N) is 1. The van der Waals surface area contributed by atoms with Gasteiger partial charge < -0.3 is 10.6 Å². The highest BCUT2D eigenvalue weighted by Gasteiger charge is 2.41. The lowest BCUT2D eigenvalue weighted by molar-refractivity contribution is -0.0515. The SMILES string of the molecule is CC1(NC(=O)Nc2cncc(Cl)c2)CCC(F)(F)CC1. The molecule has 0 bridgehead atoms. The van der Waals surface area contributed by atoms with Crippen molar-refractivity contribution in [1.29, 1.82) is 0 Å². The van der Waals surface area contributed by atoms with Crippen LogP contribution in [0.5, 0.6) is 0 Å². The lowest BCUT2D eigenvalue weighted by Crippen LogP contribution is -2.51. The van der Waals surface area contributed by atoms with Crippen molar-refractivity contribution in [1.82, 2.24) is 10.3 Å². The van der Waals surface area contributed by atoms with Gasteiger partial charge in [0.2, 0.25) is 5.92 Å². The van der Waals surface area contributed by atoms with Gasteiger partial charge in [0.05, 0.1) is 16.9 Å². The van der Waals surface area contributed by atoms with Crippen molar-refractivity contribution < 1.29 is 13.6 Å². The highest BCUT2D eigenvalue weighted by atomic mass is 35.5. The highest BCUT2D eigenvalue weighted by Crippen LogP contribution is 2.38. The Labute approximate surface area is 120 Å². The zero-order chi connectivity index (χ0) is 14.8. The molecule has 20 heavy (non-hydrogen) atoms. The minimum atomic E-state index is -2.62. The van der Waals surface area contributed by atoms with Gasteiger partial charge in [-0.15, -0.1) is 0 Å². The van der Waals surface area contributed by atoms with Crippen LogP contribution in [0, 0.1) is 0 Å². The molecule has 1 aliphatic rings. The Morgan fingerprint density at radius 3 is 2.55 bits per heavy atom. The number of aromatic nitrogens is 1. The Kier molecular flexibility index (Phi) is 4.13. The summed E-state index contributed by atoms with van der Waals surface area (Å²) in [6, 6.07) is 1.12. The molecule has 2 amide bonds. The van der Waals surface area contributed by atoms with Crippen LogP contribution in [-0.2, 0) is 0 Å². The number of amides is 2. The Balaban J connectivity index is 1.91. The summed E-state index contributed by atoms with van der Waals surface area (Å²) >= 11 is 5.76. The van der Waals surface area contributed by atoms with Gasteiger partial charge in [0.15, 0.2) is 0 Å². The molecule has 0 radical (unpaired) electrons. The molecule has 0 atom stereocenters. The van der Waals surface area contributed by atoms with Gasteiger partial charge in [0.25, 0.3) is 0 Å². The molecule has 1 saturated carbocycles. The van der Waals surface area contributed by atoms with Gasteiger partial charge in [-0.1, -0.05) is 11.6 Å². The van der Waals surface area contributed by atoms with Crippen LogP contribution >= 0.6 is 11.6 Å². The van der Waals surface area contributed by atoms with Crippen molar-refractivity contribution in [3.8, 4) is 0 Å². The van der Waals surface area contributed by atoms with Crippen LogP contribution in [0.3, 0.4) is 0 Å². The molecule has 1 aromatic rings. The lowest BCUT2D eigenvalue weighted by atomic mass is 9.81. The molecule has 4 nitrogen and oxygen atoms in total. The molecule has 7 heteroatoms. The minimum absolute atomic E-state index is 0.206. The normalized spacial score (nSPS) is 20.2. The Morgan fingerprint density at radius 1 is 1.30 bits per heavy atom. The van der Waals surface area contributed by atoms with Gasteiger partial charge in [-0.3, -0.25) is 4.98 Å². The summed E-state index contributed by atoms with van der Waals surface area (Å²) in [5.74, 6) is -2.62. The van der Waals surface area contributed by atoms with E-state index in [4.69, 9.17) is 11.6 Å². The minimum Gasteiger partial charge on any atom is -0.333 e. The largest absolute Gasteiger partial charge is 0.333 e. The summed E-state index contributed by atoms with van der Waals surface area (Å²) in [5, 5.41) is 5.75. The number of anilines is 1. The Bertz CT molecular complexity index is 500. The second-order valence-corrected chi connectivity index (χ2v) is 5.82. The predicted molar refractivity (Wildman–Crippen MR) is 73.2 cm³/mol. The van der Waals surface area contributed by atoms with Crippen molar-refractivity contribution in [3.05, 3.63) is 23.5 Å². The van der Waals surface area contributed by atoms with E-state index in [0.717, 1.165) is 0 Å². The molecule has 0 aliphatic heterocycles. The molecule has 2 N–H and O–H groups in total. The van der Waals surface area contributed by atoms with Gasteiger partial charge in [-0.2, -0.15) is 0 Å². The van der Waals surface area contributed by atoms with Crippen molar-refractivity contribution in [2.45, 2.75) is 44.1 Å². The molecule has 2 rings (SSSR count). The zero-order valence-electron chi connectivity index (χ0n) is 11.0. The van der Waals surface area contributed by atoms with E-state index in [2.05, 4.69) is 15.6 Å². The Morgan fingerprint density at radius 2 is 1.95 bits per heavy atom. The number of nitrogens with one attached hydrogen (secondary N) is 2. The number of pyridine rings is 1. The van der Waals surface area contributed by atoms with Gasteiger partial charge >= 0.3 is 6.03 Å². The number of hydrogen-bond donors (Lipinski definition) is 2. The molecule has 110 valence electrons. The monoisotopic (exact) mass is 303 g/mol. The second-order valence-electron chi connectivity index (χ2n) is 5.39. The molecular formula is C13H16ClF2N3O. The number of carbonyl (C=O) groups is 1. The van der Waals surface area contributed by atoms with Gasteiger partial charge in [0.1, 0.15) is 0 Å². The van der Waals surface area contributed by atoms with E-state index in [-0.39, 0.29) is 25.7 Å². The molecular weight excluding hydrogens is 288 g/mol. The van der Waals surface area contributed by atoms with E-state index >= 15 is 0 Å². The van der Waals surface area contributed by atoms with Crippen molar-refractivity contribution in [2.75, 3.05) is 5.32 Å². The van der Waals surface area contributed by atoms with Gasteiger partial charge in [-0.25, -0.2) is 13.6 Å². The molecule has 1 fully saturated rings. The van der Waals surface area contributed by atoms with Crippen molar-refractivity contribution in [3.63, 3.8) is 0 Å². The Hall–Kier alpha value is -1.43. The van der Waals surface area contributed by atoms with Crippen molar-refractivity contribution in [2.24, 2.45) is 0 Å². The van der Waals surface area contributed by atoms with E-state index in [1.54, 1.807) is 13.0 Å². The average molecular weight is 304 g/mol. The third-order valence-corrected chi connectivity index (χ3v) is 3.67. The number of carbonyl (C=O) groups excluding carboxylic acids is 1. The predicted octanol–water partition coefficient (Wildman–Crippen LogP) is 3.82. The van der Waals surface area contributed by atoms with Crippen LogP contribution in [0.15, 0.2) is 18.5 Å². The van der Waals surface area contributed by atoms with Crippen LogP contribution in [0.1, 0.15) is 32.6 Å². The van der Waals surface area contributed by atoms with Crippen LogP contribution in [0.2, 0.25) is 5.02 Å². The van der Waals surface area contributed by atoms with E-state index < -0.39 is 17.5 Å². The number of hydrogen-bond acceptors (Lipinski definition) is 2. The summed E-state index contributed by atoms with van der Waals surface area (Å²) in [5.41, 5.74) is -0.155. The highest BCUT2D eigenvalue weighted by molar-refractivity contribution is 6.30. The summed E-state index contributed by atoms with van der Waals surface area (Å²) < 4.78 is 26.3. The lowest BCUT2D eigenvalue weighted by Gasteiger charge is -2.37. The van der Waals surface area contributed by atoms with Gasteiger partial charge in [0, 0.05) is 24.6 Å². The zero-order valence-corrected chi connectivity index (χ0v) is 11.8. The van der Waals surface area contributed by atoms with Crippen LogP contribution in [-0.4, -0.2) is 22.5 Å². The standard InChI is InChI=1S/C13H16ClF2N3O/c1-12(2-4-13(15,16)5-3-12)19-11(20)18-10-6-9(14)7-17-8-10/h6-8H,2-5H2,1H3,(H2,18,19,20). The van der Waals surface area contributed by atoms with Crippen LogP contribution in [0.4, 0.5) is 19.3 Å². The fraction of sp³-hybridized carbons (Fsp3) is 0.538. The first-order chi connectivity index (χ1) is 9.28. The fourth-order valence-corrected chi connectivity index (χ4v) is 2.38. The maximum absolute atomic E-state index is 13.1. The topological polar surface area (TPSA) is 54.0 Å². The number of urea groups is 1. The molecule has 0 saturated heterocycles. The number of halogens is 3. The number of rotatable bonds is 2. The van der Waals surface area contributed by atoms with E-state index in [0.29, 0.717) is 10.7 Å². The summed E-state index contributed by atoms with van der Waals surface area (Å²) in [6.45, 7) is 1.78. The van der Waals surface area contributed by atoms with Crippen LogP contribution in [0.25, 0.3) is 0 Å². The molecule has 1 aliphatic carbocycles. The third-order valence-electron chi connectivity index (χ3n) is 3.46. The maximum atomic E-state index is 13.1. The summed E-state index contributed by atoms with van der Waals surface area (Å²) in [6.07, 6.45) is 3.01. The maximum Gasteiger partial charge on any atom is 0.319 e. The van der Waals surface area contributed by atoms with Gasteiger partial charge in [-0.05, 0) is 25.8 Å². The van der Waals surface area contributed by atoms with E-state index in [1.807, 2.05) is 0 Å². The average Bonchev–Trinajstić information content (AvgIpc) is 2.33. The third kappa shape index (κ3) is 4.03. The van der Waals surface area contributed by atoms with Crippen LogP contribution < -0.4 is 10.6 Å². The van der Waals surface area contributed by atoms with E-state index in [1.165, 1.54) is 12.4 Å². The quantitative estimate of drug-likeness (QED) is 0.872. The molecule has 1 aromatic heterocycles.